The Bertz CT molecular complexity index is 383. The van der Waals surface area contributed by atoms with Crippen molar-refractivity contribution in [3.63, 3.8) is 0 Å². The summed E-state index contributed by atoms with van der Waals surface area (Å²) in [6, 6.07) is 0. The van der Waals surface area contributed by atoms with Crippen LogP contribution in [-0.2, 0) is 4.79 Å². The maximum Gasteiger partial charge on any atom is 0.346 e. The smallest absolute Gasteiger partial charge is 0.346 e. The lowest BCUT2D eigenvalue weighted by molar-refractivity contribution is -0.114. The fourth-order valence-corrected chi connectivity index (χ4v) is 0.986. The molecule has 0 saturated carbocycles. The number of carbonyl (C=O) groups excluding carboxylic acids is 1. The number of amides is 1. The molecule has 1 aromatic heterocycles. The first-order valence-electron chi connectivity index (χ1n) is 3.39. The van der Waals surface area contributed by atoms with Crippen molar-refractivity contribution in [1.82, 2.24) is 9.97 Å². The monoisotopic (exact) mass is 166 g/mol. The maximum atomic E-state index is 10.8. The van der Waals surface area contributed by atoms with Crippen LogP contribution < -0.4 is 16.3 Å². The van der Waals surface area contributed by atoms with Gasteiger partial charge in [0.25, 0.3) is 0 Å². The maximum absolute atomic E-state index is 10.8. The van der Waals surface area contributed by atoms with Crippen molar-refractivity contribution in [1.29, 1.82) is 0 Å². The molecule has 6 nitrogen and oxygen atoms in total. The molecule has 0 aromatic carbocycles. The van der Waals surface area contributed by atoms with Crippen molar-refractivity contribution < 1.29 is 4.79 Å². The van der Waals surface area contributed by atoms with Gasteiger partial charge >= 0.3 is 5.69 Å². The summed E-state index contributed by atoms with van der Waals surface area (Å²) in [4.78, 5) is 27.4. The summed E-state index contributed by atoms with van der Waals surface area (Å²) in [6.07, 6.45) is 1.38. The minimum absolute atomic E-state index is 0.177. The number of H-pyrrole nitrogens is 1. The molecular formula is C6H6N4O2. The van der Waals surface area contributed by atoms with Gasteiger partial charge in [0.05, 0.1) is 18.4 Å². The van der Waals surface area contributed by atoms with Crippen molar-refractivity contribution in [2.45, 2.75) is 0 Å². The van der Waals surface area contributed by atoms with E-state index in [2.05, 4.69) is 20.6 Å². The number of aromatic amines is 1. The van der Waals surface area contributed by atoms with Crippen LogP contribution in [0.25, 0.3) is 0 Å². The minimum Gasteiger partial charge on any atom is -0.372 e. The highest BCUT2D eigenvalue weighted by atomic mass is 16.2. The van der Waals surface area contributed by atoms with Crippen LogP contribution in [0.1, 0.15) is 0 Å². The largest absolute Gasteiger partial charge is 0.372 e. The molecule has 1 amide bonds. The second kappa shape index (κ2) is 2.33. The third kappa shape index (κ3) is 1.03. The van der Waals surface area contributed by atoms with Gasteiger partial charge in [-0.2, -0.15) is 4.98 Å². The van der Waals surface area contributed by atoms with Gasteiger partial charge < -0.3 is 10.6 Å². The standard InChI is InChI=1S/C6H6N4O2/c11-4-2-7-3-1-8-6(12)10-5(3)9-4/h1,7H,2H2,(H2,8,9,10,11,12). The van der Waals surface area contributed by atoms with Gasteiger partial charge in [-0.05, 0) is 0 Å². The van der Waals surface area contributed by atoms with Crippen LogP contribution in [0.2, 0.25) is 0 Å². The summed E-state index contributed by atoms with van der Waals surface area (Å²) < 4.78 is 0. The zero-order chi connectivity index (χ0) is 8.55. The van der Waals surface area contributed by atoms with E-state index < -0.39 is 5.69 Å². The molecule has 2 rings (SSSR count). The van der Waals surface area contributed by atoms with E-state index in [1.54, 1.807) is 0 Å². The number of fused-ring (bicyclic) bond motifs is 1. The van der Waals surface area contributed by atoms with E-state index in [1.807, 2.05) is 0 Å². The van der Waals surface area contributed by atoms with E-state index >= 15 is 0 Å². The predicted octanol–water partition coefficient (Wildman–Crippen LogP) is -0.866. The lowest BCUT2D eigenvalue weighted by Crippen LogP contribution is -2.30. The molecule has 1 aliphatic heterocycles. The first-order chi connectivity index (χ1) is 5.75. The Morgan fingerprint density at radius 1 is 1.42 bits per heavy atom. The summed E-state index contributed by atoms with van der Waals surface area (Å²) in [6.45, 7) is 0.209. The SMILES string of the molecule is O=C1CNc2cnc(=O)[nH]c2N1. The number of nitrogens with one attached hydrogen (secondary N) is 3. The molecule has 12 heavy (non-hydrogen) atoms. The Balaban J connectivity index is 2.50. The van der Waals surface area contributed by atoms with Crippen LogP contribution in [-0.4, -0.2) is 22.4 Å². The van der Waals surface area contributed by atoms with Crippen LogP contribution >= 0.6 is 0 Å². The van der Waals surface area contributed by atoms with Crippen LogP contribution in [0, 0.1) is 0 Å². The molecule has 0 aliphatic carbocycles. The number of rotatable bonds is 0. The molecule has 3 N–H and O–H groups in total. The predicted molar refractivity (Wildman–Crippen MR) is 42.0 cm³/mol. The van der Waals surface area contributed by atoms with E-state index in [0.29, 0.717) is 11.5 Å². The van der Waals surface area contributed by atoms with E-state index in [4.69, 9.17) is 0 Å². The van der Waals surface area contributed by atoms with E-state index in [1.165, 1.54) is 6.20 Å². The fourth-order valence-electron chi connectivity index (χ4n) is 0.986. The van der Waals surface area contributed by atoms with Gasteiger partial charge in [0.1, 0.15) is 5.82 Å². The van der Waals surface area contributed by atoms with Crippen molar-refractivity contribution in [2.75, 3.05) is 17.2 Å². The topological polar surface area (TPSA) is 86.9 Å². The number of nitrogens with zero attached hydrogens (tertiary/aromatic N) is 1. The third-order valence-electron chi connectivity index (χ3n) is 1.52. The van der Waals surface area contributed by atoms with Crippen LogP contribution in [0.5, 0.6) is 0 Å². The van der Waals surface area contributed by atoms with Gasteiger partial charge in [-0.15, -0.1) is 0 Å². The minimum atomic E-state index is -0.474. The molecule has 0 atom stereocenters. The molecule has 2 heterocycles. The number of hydrogen-bond donors (Lipinski definition) is 3. The van der Waals surface area contributed by atoms with Gasteiger partial charge in [-0.1, -0.05) is 0 Å². The van der Waals surface area contributed by atoms with Crippen LogP contribution in [0.3, 0.4) is 0 Å². The quantitative estimate of drug-likeness (QED) is 0.467. The first kappa shape index (κ1) is 6.84. The average Bonchev–Trinajstić information content (AvgIpc) is 2.03. The summed E-state index contributed by atoms with van der Waals surface area (Å²) >= 11 is 0. The van der Waals surface area contributed by atoms with E-state index in [0.717, 1.165) is 0 Å². The second-order valence-electron chi connectivity index (χ2n) is 2.38. The Labute approximate surface area is 67.0 Å². The molecule has 0 fully saturated rings. The Morgan fingerprint density at radius 2 is 2.25 bits per heavy atom. The van der Waals surface area contributed by atoms with Gasteiger partial charge in [-0.3, -0.25) is 9.78 Å². The highest BCUT2D eigenvalue weighted by Gasteiger charge is 2.13. The van der Waals surface area contributed by atoms with Crippen molar-refractivity contribution in [2.24, 2.45) is 0 Å². The molecule has 0 saturated heterocycles. The van der Waals surface area contributed by atoms with E-state index in [-0.39, 0.29) is 12.5 Å². The van der Waals surface area contributed by atoms with Crippen LogP contribution in [0.15, 0.2) is 11.0 Å². The van der Waals surface area contributed by atoms with Gasteiger partial charge in [0, 0.05) is 0 Å². The first-order valence-corrected chi connectivity index (χ1v) is 3.39. The zero-order valence-electron chi connectivity index (χ0n) is 6.05. The number of hydrogen-bond acceptors (Lipinski definition) is 4. The third-order valence-corrected chi connectivity index (χ3v) is 1.52. The summed E-state index contributed by atoms with van der Waals surface area (Å²) in [5.74, 6) is 0.204. The number of carbonyl (C=O) groups is 1. The molecule has 1 aromatic rings. The molecule has 62 valence electrons. The molecule has 0 radical (unpaired) electrons. The van der Waals surface area contributed by atoms with Crippen molar-refractivity contribution in [3.8, 4) is 0 Å². The lowest BCUT2D eigenvalue weighted by atomic mass is 10.3. The van der Waals surface area contributed by atoms with Gasteiger partial charge in [-0.25, -0.2) is 4.79 Å². The highest BCUT2D eigenvalue weighted by molar-refractivity contribution is 5.98. The molecule has 6 heteroatoms. The Kier molecular flexibility index (Phi) is 1.33. The van der Waals surface area contributed by atoms with Crippen molar-refractivity contribution in [3.05, 3.63) is 16.7 Å². The zero-order valence-corrected chi connectivity index (χ0v) is 6.05. The summed E-state index contributed by atoms with van der Waals surface area (Å²) in [7, 11) is 0. The molecule has 1 aliphatic rings. The second-order valence-corrected chi connectivity index (χ2v) is 2.38. The summed E-state index contributed by atoms with van der Waals surface area (Å²) in [5.41, 5.74) is 0.159. The molecule has 0 unspecified atom stereocenters. The van der Waals surface area contributed by atoms with Crippen LogP contribution in [0.4, 0.5) is 11.5 Å². The molecule has 0 spiro atoms. The highest BCUT2D eigenvalue weighted by Crippen LogP contribution is 2.17. The number of aromatic nitrogens is 2. The van der Waals surface area contributed by atoms with Gasteiger partial charge in [0.15, 0.2) is 0 Å². The summed E-state index contributed by atoms with van der Waals surface area (Å²) in [5, 5.41) is 5.30. The van der Waals surface area contributed by atoms with Gasteiger partial charge in [0.2, 0.25) is 5.91 Å². The average molecular weight is 166 g/mol. The van der Waals surface area contributed by atoms with Crippen molar-refractivity contribution >= 4 is 17.4 Å². The van der Waals surface area contributed by atoms with E-state index in [9.17, 15) is 9.59 Å². The normalized spacial score (nSPS) is 14.5. The fraction of sp³-hybridized carbons (Fsp3) is 0.167. The Morgan fingerprint density at radius 3 is 3.08 bits per heavy atom. The Hall–Kier alpha value is -1.85. The molecular weight excluding hydrogens is 160 g/mol. The number of anilines is 2. The lowest BCUT2D eigenvalue weighted by Gasteiger charge is -2.16. The molecule has 0 bridgehead atoms.